The van der Waals surface area contributed by atoms with Crippen LogP contribution in [-0.4, -0.2) is 46.0 Å². The van der Waals surface area contributed by atoms with E-state index in [1.807, 2.05) is 4.90 Å². The summed E-state index contributed by atoms with van der Waals surface area (Å²) in [5.41, 5.74) is 8.56. The number of ether oxygens (including phenoxy) is 2. The van der Waals surface area contributed by atoms with E-state index in [1.54, 1.807) is 6.07 Å². The number of carbonyl (C=O) groups excluding carboxylic acids is 1. The summed E-state index contributed by atoms with van der Waals surface area (Å²) >= 11 is 0. The van der Waals surface area contributed by atoms with Crippen molar-refractivity contribution in [1.82, 2.24) is 19.9 Å². The predicted octanol–water partition coefficient (Wildman–Crippen LogP) is 2.94. The van der Waals surface area contributed by atoms with Crippen molar-refractivity contribution in [2.75, 3.05) is 20.0 Å². The molecule has 5 rings (SSSR count). The highest BCUT2D eigenvalue weighted by molar-refractivity contribution is 6.11. The second-order valence-corrected chi connectivity index (χ2v) is 7.46. The first-order valence-electron chi connectivity index (χ1n) is 9.70. The molecular formula is C21H20FN5O3. The van der Waals surface area contributed by atoms with Crippen LogP contribution in [0.15, 0.2) is 18.3 Å². The van der Waals surface area contributed by atoms with E-state index in [2.05, 4.69) is 15.0 Å². The molecule has 3 aromatic rings. The Labute approximate surface area is 171 Å². The van der Waals surface area contributed by atoms with Gasteiger partial charge in [0, 0.05) is 17.6 Å². The number of nitrogens with two attached hydrogens (primary N) is 1. The zero-order valence-electron chi connectivity index (χ0n) is 16.6. The Kier molecular flexibility index (Phi) is 4.19. The van der Waals surface area contributed by atoms with Crippen molar-refractivity contribution in [3.8, 4) is 23.0 Å². The maximum Gasteiger partial charge on any atom is 0.319 e. The number of nitrogens with zero attached hydrogens (tertiary/aromatic N) is 4. The molecule has 1 fully saturated rings. The molecule has 1 saturated carbocycles. The predicted molar refractivity (Wildman–Crippen MR) is 108 cm³/mol. The minimum absolute atomic E-state index is 0.0992. The first-order valence-corrected chi connectivity index (χ1v) is 9.70. The molecule has 0 atom stereocenters. The fourth-order valence-corrected chi connectivity index (χ4v) is 4.14. The van der Waals surface area contributed by atoms with Crippen molar-refractivity contribution in [2.45, 2.75) is 31.8 Å². The number of nitrogen functional groups attached to an aromatic ring is 1. The lowest BCUT2D eigenvalue weighted by molar-refractivity contribution is 0.0606. The molecule has 3 heterocycles. The number of hydrogen-bond donors (Lipinski definition) is 1. The Morgan fingerprint density at radius 2 is 1.97 bits per heavy atom. The fourth-order valence-electron chi connectivity index (χ4n) is 4.14. The molecule has 8 nitrogen and oxygen atoms in total. The molecule has 154 valence electrons. The minimum Gasteiger partial charge on any atom is -0.480 e. The monoisotopic (exact) mass is 409 g/mol. The summed E-state index contributed by atoms with van der Waals surface area (Å²) in [4.78, 5) is 27.7. The normalized spacial score (nSPS) is 16.0. The molecule has 0 radical (unpaired) electrons. The molecule has 0 bridgehead atoms. The number of hydrogen-bond acceptors (Lipinski definition) is 7. The van der Waals surface area contributed by atoms with Crippen LogP contribution in [0.1, 0.15) is 35.3 Å². The van der Waals surface area contributed by atoms with Gasteiger partial charge in [-0.15, -0.1) is 0 Å². The quantitative estimate of drug-likeness (QED) is 0.707. The number of benzene rings is 1. The maximum absolute atomic E-state index is 15.0. The number of pyridine rings is 1. The SMILES string of the molecule is COc1ncc(-c2c(F)ccc3c(N)c4c(nc23)CN(C2CCC2)C4=O)c(OC)n1. The molecule has 1 aliphatic heterocycles. The van der Waals surface area contributed by atoms with E-state index < -0.39 is 5.82 Å². The summed E-state index contributed by atoms with van der Waals surface area (Å²) < 4.78 is 25.4. The van der Waals surface area contributed by atoms with Gasteiger partial charge in [-0.2, -0.15) is 4.98 Å². The van der Waals surface area contributed by atoms with Crippen molar-refractivity contribution >= 4 is 22.5 Å². The Morgan fingerprint density at radius 3 is 2.63 bits per heavy atom. The van der Waals surface area contributed by atoms with Gasteiger partial charge in [-0.25, -0.2) is 14.4 Å². The number of amides is 1. The van der Waals surface area contributed by atoms with Crippen LogP contribution < -0.4 is 15.2 Å². The van der Waals surface area contributed by atoms with Crippen molar-refractivity contribution in [1.29, 1.82) is 0 Å². The first-order chi connectivity index (χ1) is 14.5. The molecule has 9 heteroatoms. The molecule has 0 saturated heterocycles. The van der Waals surface area contributed by atoms with Crippen molar-refractivity contribution in [3.05, 3.63) is 35.4 Å². The summed E-state index contributed by atoms with van der Waals surface area (Å²) in [7, 11) is 2.87. The molecule has 0 unspecified atom stereocenters. The number of aromatic nitrogens is 3. The Balaban J connectivity index is 1.73. The number of halogens is 1. The van der Waals surface area contributed by atoms with Gasteiger partial charge in [-0.1, -0.05) is 0 Å². The topological polar surface area (TPSA) is 103 Å². The van der Waals surface area contributed by atoms with Crippen LogP contribution in [0.4, 0.5) is 10.1 Å². The van der Waals surface area contributed by atoms with Gasteiger partial charge >= 0.3 is 6.01 Å². The van der Waals surface area contributed by atoms with Gasteiger partial charge in [0.1, 0.15) is 5.82 Å². The van der Waals surface area contributed by atoms with Gasteiger partial charge in [0.15, 0.2) is 0 Å². The highest BCUT2D eigenvalue weighted by Crippen LogP contribution is 2.41. The number of anilines is 1. The molecule has 2 N–H and O–H groups in total. The van der Waals surface area contributed by atoms with Crippen LogP contribution in [0.5, 0.6) is 11.9 Å². The molecule has 1 aromatic carbocycles. The smallest absolute Gasteiger partial charge is 0.319 e. The van der Waals surface area contributed by atoms with E-state index in [9.17, 15) is 4.79 Å². The molecule has 1 aliphatic carbocycles. The van der Waals surface area contributed by atoms with Gasteiger partial charge in [-0.3, -0.25) is 4.79 Å². The van der Waals surface area contributed by atoms with E-state index >= 15 is 4.39 Å². The van der Waals surface area contributed by atoms with E-state index in [0.717, 1.165) is 19.3 Å². The molecule has 0 spiro atoms. The average Bonchev–Trinajstić information content (AvgIpc) is 3.02. The maximum atomic E-state index is 15.0. The lowest BCUT2D eigenvalue weighted by Gasteiger charge is -2.34. The van der Waals surface area contributed by atoms with Crippen LogP contribution >= 0.6 is 0 Å². The lowest BCUT2D eigenvalue weighted by Crippen LogP contribution is -2.40. The zero-order valence-corrected chi connectivity index (χ0v) is 16.6. The third-order valence-corrected chi connectivity index (χ3v) is 5.91. The first kappa shape index (κ1) is 18.5. The molecule has 2 aliphatic rings. The van der Waals surface area contributed by atoms with Crippen LogP contribution in [-0.2, 0) is 6.54 Å². The van der Waals surface area contributed by atoms with Crippen LogP contribution in [0.25, 0.3) is 22.0 Å². The van der Waals surface area contributed by atoms with Crippen molar-refractivity contribution in [2.24, 2.45) is 0 Å². The average molecular weight is 409 g/mol. The highest BCUT2D eigenvalue weighted by atomic mass is 19.1. The summed E-state index contributed by atoms with van der Waals surface area (Å²) in [5, 5.41) is 0.506. The summed E-state index contributed by atoms with van der Waals surface area (Å²) in [6, 6.07) is 3.17. The van der Waals surface area contributed by atoms with E-state index in [4.69, 9.17) is 15.2 Å². The summed E-state index contributed by atoms with van der Waals surface area (Å²) in [6.45, 7) is 0.380. The van der Waals surface area contributed by atoms with Gasteiger partial charge in [0.2, 0.25) is 5.88 Å². The Bertz CT molecular complexity index is 1200. The van der Waals surface area contributed by atoms with Crippen LogP contribution in [0.2, 0.25) is 0 Å². The van der Waals surface area contributed by atoms with Crippen LogP contribution in [0, 0.1) is 5.82 Å². The number of carbonyl (C=O) groups is 1. The number of methoxy groups -OCH3 is 2. The lowest BCUT2D eigenvalue weighted by atomic mass is 9.92. The third kappa shape index (κ3) is 2.58. The summed E-state index contributed by atoms with van der Waals surface area (Å²) in [6.07, 6.45) is 4.51. The largest absolute Gasteiger partial charge is 0.480 e. The second-order valence-electron chi connectivity index (χ2n) is 7.46. The Morgan fingerprint density at radius 1 is 1.17 bits per heavy atom. The van der Waals surface area contributed by atoms with Gasteiger partial charge in [0.05, 0.1) is 54.4 Å². The minimum atomic E-state index is -0.512. The molecular weight excluding hydrogens is 389 g/mol. The van der Waals surface area contributed by atoms with Gasteiger partial charge < -0.3 is 20.1 Å². The highest BCUT2D eigenvalue weighted by Gasteiger charge is 2.38. The van der Waals surface area contributed by atoms with Crippen molar-refractivity contribution < 1.29 is 18.7 Å². The van der Waals surface area contributed by atoms with Crippen molar-refractivity contribution in [3.63, 3.8) is 0 Å². The molecule has 30 heavy (non-hydrogen) atoms. The number of rotatable bonds is 4. The van der Waals surface area contributed by atoms with E-state index in [1.165, 1.54) is 26.5 Å². The zero-order chi connectivity index (χ0) is 21.0. The van der Waals surface area contributed by atoms with Crippen LogP contribution in [0.3, 0.4) is 0 Å². The fraction of sp³-hybridized carbons (Fsp3) is 0.333. The van der Waals surface area contributed by atoms with Gasteiger partial charge in [-0.05, 0) is 31.4 Å². The Hall–Kier alpha value is -3.49. The third-order valence-electron chi connectivity index (χ3n) is 5.91. The summed E-state index contributed by atoms with van der Waals surface area (Å²) in [5.74, 6) is -0.458. The molecule has 2 aromatic heterocycles. The molecule has 1 amide bonds. The van der Waals surface area contributed by atoms with E-state index in [-0.39, 0.29) is 29.4 Å². The number of fused-ring (bicyclic) bond motifs is 2. The second kappa shape index (κ2) is 6.79. The van der Waals surface area contributed by atoms with E-state index in [0.29, 0.717) is 40.0 Å². The standard InChI is InChI=1S/C21H20FN5O3/c1-29-19-12(8-24-21(26-19)30-2)15-13(22)7-6-11-17(23)16-14(25-18(11)15)9-27(20(16)28)10-4-3-5-10/h6-8,10H,3-5,9H2,1-2H3,(H2,23,25). The van der Waals surface area contributed by atoms with Gasteiger partial charge in [0.25, 0.3) is 5.91 Å².